The van der Waals surface area contributed by atoms with Crippen molar-refractivity contribution in [1.82, 2.24) is 21.9 Å². The molecule has 26 heavy (non-hydrogen) atoms. The summed E-state index contributed by atoms with van der Waals surface area (Å²) in [6, 6.07) is 0. The molecule has 1 fully saturated rings. The molecule has 150 valence electrons. The Bertz CT molecular complexity index is 823. The Labute approximate surface area is 153 Å². The first-order valence-corrected chi connectivity index (χ1v) is 8.96. The van der Waals surface area contributed by atoms with E-state index in [2.05, 4.69) is 15.9 Å². The van der Waals surface area contributed by atoms with Crippen LogP contribution in [0.15, 0.2) is 20.8 Å². The van der Waals surface area contributed by atoms with Crippen LogP contribution in [-0.4, -0.2) is 38.9 Å². The molecule has 1 aromatic rings. The molecule has 0 unspecified atom stereocenters. The summed E-state index contributed by atoms with van der Waals surface area (Å²) in [7, 11) is -5.25. The summed E-state index contributed by atoms with van der Waals surface area (Å²) in [5, 5.41) is 9.55. The van der Waals surface area contributed by atoms with Crippen LogP contribution in [0.5, 0.6) is 0 Å². The average Bonchev–Trinajstić information content (AvgIpc) is 2.64. The van der Waals surface area contributed by atoms with Gasteiger partial charge < -0.3 is 36.5 Å². The Morgan fingerprint density at radius 2 is 2.00 bits per heavy atom. The number of quaternary nitrogens is 2. The zero-order valence-corrected chi connectivity index (χ0v) is 16.1. The van der Waals surface area contributed by atoms with Gasteiger partial charge in [0.1, 0.15) is 6.10 Å². The Balaban J connectivity index is 0.00000312. The summed E-state index contributed by atoms with van der Waals surface area (Å²) in [5.41, 5.74) is -2.28. The zero-order valence-electron chi connectivity index (χ0n) is 13.6. The molecule has 0 amide bonds. The van der Waals surface area contributed by atoms with E-state index in [9.17, 15) is 37.8 Å². The zero-order chi connectivity index (χ0) is 18.3. The van der Waals surface area contributed by atoms with Crippen LogP contribution in [-0.2, 0) is 9.30 Å². The van der Waals surface area contributed by atoms with E-state index in [-0.39, 0.29) is 17.9 Å². The lowest BCUT2D eigenvalue weighted by Gasteiger charge is -2.32. The number of alkyl halides is 2. The SMILES string of the molecule is O=c1[nH]c(=O)n([C@@H]2O[C@H](CP(=O)([O-])[O-])[C@@H](O)C2(F)F)cc1/C=C/Br.[NH4+].[NH4+]. The van der Waals surface area contributed by atoms with Crippen molar-refractivity contribution >= 4 is 29.6 Å². The molecule has 1 aliphatic heterocycles. The minimum Gasteiger partial charge on any atom is -0.811 e. The topological polar surface area (TPSA) is 221 Å². The van der Waals surface area contributed by atoms with E-state index < -0.39 is 49.4 Å². The highest BCUT2D eigenvalue weighted by Gasteiger charge is 2.59. The van der Waals surface area contributed by atoms with E-state index in [0.717, 1.165) is 6.20 Å². The molecule has 11 nitrogen and oxygen atoms in total. The Kier molecular flexibility index (Phi) is 8.21. The fraction of sp³-hybridized carbons (Fsp3) is 0.455. The molecular formula is C11H18BrF2N4O7P. The van der Waals surface area contributed by atoms with Crippen molar-refractivity contribution in [2.75, 3.05) is 6.16 Å². The van der Waals surface area contributed by atoms with Gasteiger partial charge in [-0.3, -0.25) is 14.3 Å². The molecule has 0 aromatic carbocycles. The van der Waals surface area contributed by atoms with Crippen molar-refractivity contribution in [3.63, 3.8) is 0 Å². The van der Waals surface area contributed by atoms with E-state index in [1.165, 1.54) is 11.1 Å². The fourth-order valence-corrected chi connectivity index (χ4v) is 3.21. The predicted molar refractivity (Wildman–Crippen MR) is 88.6 cm³/mol. The number of aliphatic hydroxyl groups is 1. The second-order valence-electron chi connectivity index (χ2n) is 4.98. The Hall–Kier alpha value is -1.25. The van der Waals surface area contributed by atoms with Gasteiger partial charge in [0.25, 0.3) is 5.56 Å². The monoisotopic (exact) mass is 466 g/mol. The summed E-state index contributed by atoms with van der Waals surface area (Å²) < 4.78 is 44.1. The third kappa shape index (κ3) is 4.92. The first-order valence-electron chi connectivity index (χ1n) is 6.32. The summed E-state index contributed by atoms with van der Waals surface area (Å²) >= 11 is 2.88. The van der Waals surface area contributed by atoms with E-state index in [1.807, 2.05) is 0 Å². The number of aromatic nitrogens is 2. The first kappa shape index (κ1) is 24.8. The smallest absolute Gasteiger partial charge is 0.330 e. The van der Waals surface area contributed by atoms with E-state index >= 15 is 0 Å². The lowest BCUT2D eigenvalue weighted by atomic mass is 10.1. The van der Waals surface area contributed by atoms with Crippen LogP contribution >= 0.6 is 23.5 Å². The minimum atomic E-state index is -5.25. The number of aromatic amines is 1. The van der Waals surface area contributed by atoms with Gasteiger partial charge in [-0.15, -0.1) is 0 Å². The van der Waals surface area contributed by atoms with E-state index in [0.29, 0.717) is 4.57 Å². The molecule has 0 saturated carbocycles. The molecule has 3 atom stereocenters. The van der Waals surface area contributed by atoms with Crippen molar-refractivity contribution < 1.29 is 33.0 Å². The Morgan fingerprint density at radius 3 is 2.50 bits per heavy atom. The quantitative estimate of drug-likeness (QED) is 0.423. The lowest BCUT2D eigenvalue weighted by Crippen LogP contribution is -2.43. The van der Waals surface area contributed by atoms with Crippen LogP contribution in [0.4, 0.5) is 8.78 Å². The number of ether oxygens (including phenoxy) is 1. The summed E-state index contributed by atoms with van der Waals surface area (Å²) in [5.74, 6) is -4.07. The second kappa shape index (κ2) is 8.63. The van der Waals surface area contributed by atoms with Gasteiger partial charge in [0.2, 0.25) is 6.23 Å². The number of hydrogen-bond donors (Lipinski definition) is 4. The van der Waals surface area contributed by atoms with Gasteiger partial charge in [-0.2, -0.15) is 8.78 Å². The number of aliphatic hydroxyl groups excluding tert-OH is 1. The van der Waals surface area contributed by atoms with Crippen LogP contribution in [0, 0.1) is 0 Å². The van der Waals surface area contributed by atoms with Gasteiger partial charge in [-0.25, -0.2) is 4.79 Å². The summed E-state index contributed by atoms with van der Waals surface area (Å²) in [6.45, 7) is 0. The van der Waals surface area contributed by atoms with E-state index in [4.69, 9.17) is 4.74 Å². The average molecular weight is 467 g/mol. The number of rotatable bonds is 4. The molecule has 10 N–H and O–H groups in total. The van der Waals surface area contributed by atoms with Crippen molar-refractivity contribution in [3.8, 4) is 0 Å². The molecule has 2 heterocycles. The third-order valence-electron chi connectivity index (χ3n) is 3.27. The molecule has 2 rings (SSSR count). The number of H-pyrrole nitrogens is 1. The number of hydrogen-bond acceptors (Lipinski definition) is 7. The molecule has 0 radical (unpaired) electrons. The van der Waals surface area contributed by atoms with Gasteiger partial charge in [-0.1, -0.05) is 23.5 Å². The van der Waals surface area contributed by atoms with Gasteiger partial charge in [0.05, 0.1) is 11.7 Å². The van der Waals surface area contributed by atoms with Crippen LogP contribution < -0.4 is 33.3 Å². The molecular weight excluding hydrogens is 449 g/mol. The first-order chi connectivity index (χ1) is 11.0. The standard InChI is InChI=1S/C11H12BrF2N2O7P.2H3N/c12-2-1-5-3-16(10(19)15-8(5)18)9-11(13,14)7(17)6(23-9)4-24(20,21)22;;/h1-3,6-7,9,17H,4H2,(H,15,18,19)(H2,20,21,22);2*1H3/b2-1+;;/t6-,7-,9-;;/m1../s1. The number of nitrogens with zero attached hydrogens (tertiary/aromatic N) is 1. The summed E-state index contributed by atoms with van der Waals surface area (Å²) in [4.78, 5) is 47.8. The second-order valence-corrected chi connectivity index (χ2v) is 7.10. The molecule has 0 bridgehead atoms. The molecule has 0 spiro atoms. The maximum Gasteiger partial charge on any atom is 0.330 e. The normalized spacial score (nSPS) is 24.9. The highest BCUT2D eigenvalue weighted by atomic mass is 79.9. The van der Waals surface area contributed by atoms with Crippen LogP contribution in [0.2, 0.25) is 0 Å². The Morgan fingerprint density at radius 1 is 1.42 bits per heavy atom. The fourth-order valence-electron chi connectivity index (χ4n) is 2.20. The van der Waals surface area contributed by atoms with E-state index in [1.54, 1.807) is 4.98 Å². The summed E-state index contributed by atoms with van der Waals surface area (Å²) in [6.07, 6.45) is -6.46. The lowest BCUT2D eigenvalue weighted by molar-refractivity contribution is -0.315. The van der Waals surface area contributed by atoms with Gasteiger partial charge in [-0.05, 0) is 11.1 Å². The van der Waals surface area contributed by atoms with Crippen molar-refractivity contribution in [3.05, 3.63) is 37.6 Å². The highest BCUT2D eigenvalue weighted by molar-refractivity contribution is 9.11. The predicted octanol–water partition coefficient (Wildman–Crippen LogP) is -0.538. The minimum absolute atomic E-state index is 0. The van der Waals surface area contributed by atoms with Crippen LogP contribution in [0.25, 0.3) is 6.08 Å². The van der Waals surface area contributed by atoms with Crippen molar-refractivity contribution in [1.29, 1.82) is 0 Å². The number of halogens is 3. The maximum atomic E-state index is 14.2. The van der Waals surface area contributed by atoms with Gasteiger partial charge >= 0.3 is 11.6 Å². The maximum absolute atomic E-state index is 14.2. The molecule has 1 saturated heterocycles. The van der Waals surface area contributed by atoms with Gasteiger partial charge in [0.15, 0.2) is 0 Å². The highest BCUT2D eigenvalue weighted by Crippen LogP contribution is 2.44. The molecule has 15 heteroatoms. The third-order valence-corrected chi connectivity index (χ3v) is 4.34. The molecule has 1 aromatic heterocycles. The largest absolute Gasteiger partial charge is 0.811 e. The van der Waals surface area contributed by atoms with Crippen LogP contribution in [0.1, 0.15) is 11.8 Å². The van der Waals surface area contributed by atoms with Crippen LogP contribution in [0.3, 0.4) is 0 Å². The van der Waals surface area contributed by atoms with Gasteiger partial charge in [0, 0.05) is 12.4 Å². The number of nitrogens with one attached hydrogen (secondary N) is 1. The van der Waals surface area contributed by atoms with Crippen molar-refractivity contribution in [2.45, 2.75) is 24.4 Å². The molecule has 0 aliphatic carbocycles. The van der Waals surface area contributed by atoms with Crippen molar-refractivity contribution in [2.24, 2.45) is 0 Å². The molecule has 1 aliphatic rings.